The fourth-order valence-electron chi connectivity index (χ4n) is 12.4. The third-order valence-electron chi connectivity index (χ3n) is 17.9. The van der Waals surface area contributed by atoms with Crippen molar-refractivity contribution in [3.63, 3.8) is 0 Å². The number of rotatable bonds is 11. The van der Waals surface area contributed by atoms with E-state index in [9.17, 15) is 74.3 Å². The molecule has 2 aliphatic heterocycles. The molecule has 2 heterocycles. The van der Waals surface area contributed by atoms with Crippen LogP contribution < -0.4 is 26.0 Å². The standard InChI is InChI=1S/C65H92ClF6N11O12/c1-14-39(6)54-61(93)79(10)35-52(86)77(8)36-53(87)81(12)49(33-42-19-17-20-43(31-42)95-65(70,71)72)60(92)78(9)34-50(84)74-46(25-23-41-22-24-44(45(66)32-41)64(67,68)69)59(91)83-28-18-21-47(83)57(89)76-63(26-15-16-27-63)62(94)82(13)55(38(4)5)58(90)73-40(7)30-51(85)80(11)48(29-37(2)3)56(88)75-54/h17,19-20,22,24,31-32,37-40,46-49,54-55H,14-16,18,21,23,25-30,33-36H2,1-13H3,(H,73,90)(H,74,84)(H,75,88)(H,76,89)/t39-,40+,46-,47-,48-,49-,54-,55-/m0/s1. The van der Waals surface area contributed by atoms with Crippen LogP contribution in [-0.2, 0) is 71.8 Å². The molecule has 30 heteroatoms. The number of alkyl halides is 6. The Hall–Kier alpha value is -7.72. The van der Waals surface area contributed by atoms with Gasteiger partial charge < -0.3 is 60.3 Å². The number of nitrogens with zero attached hydrogens (tertiary/aromatic N) is 7. The lowest BCUT2D eigenvalue weighted by Crippen LogP contribution is -2.64. The first-order valence-corrected chi connectivity index (χ1v) is 32.3. The number of fused-ring (bicyclic) bond motifs is 1. The summed E-state index contributed by atoms with van der Waals surface area (Å²) >= 11 is 6.08. The van der Waals surface area contributed by atoms with Crippen LogP contribution in [0.2, 0.25) is 5.02 Å². The van der Waals surface area contributed by atoms with Gasteiger partial charge in [-0.15, -0.1) is 13.2 Å². The van der Waals surface area contributed by atoms with Crippen LogP contribution in [0.15, 0.2) is 42.5 Å². The summed E-state index contributed by atoms with van der Waals surface area (Å²) < 4.78 is 85.8. The van der Waals surface area contributed by atoms with Crippen LogP contribution in [0.5, 0.6) is 5.75 Å². The van der Waals surface area contributed by atoms with Crippen molar-refractivity contribution in [3.05, 3.63) is 64.2 Å². The molecule has 2 aromatic rings. The number of hydrogen-bond acceptors (Lipinski definition) is 12. The summed E-state index contributed by atoms with van der Waals surface area (Å²) in [5.74, 6) is -10.2. The Labute approximate surface area is 556 Å². The number of benzene rings is 2. The van der Waals surface area contributed by atoms with Gasteiger partial charge in [-0.05, 0) is 105 Å². The molecule has 3 fully saturated rings. The van der Waals surface area contributed by atoms with Gasteiger partial charge in [-0.25, -0.2) is 0 Å². The van der Waals surface area contributed by atoms with E-state index in [0.29, 0.717) is 19.3 Å². The quantitative estimate of drug-likeness (QED) is 0.208. The lowest BCUT2D eigenvalue weighted by Gasteiger charge is -2.39. The zero-order chi connectivity index (χ0) is 71.4. The van der Waals surface area contributed by atoms with Crippen molar-refractivity contribution < 1.29 is 83.8 Å². The van der Waals surface area contributed by atoms with Gasteiger partial charge in [0.2, 0.25) is 65.0 Å². The molecule has 0 bridgehead atoms. The molecule has 1 spiro atoms. The van der Waals surface area contributed by atoms with Crippen molar-refractivity contribution in [2.45, 2.75) is 186 Å². The first kappa shape index (κ1) is 78.0. The molecule has 8 atom stereocenters. The molecule has 3 aliphatic rings. The highest BCUT2D eigenvalue weighted by Gasteiger charge is 2.50. The number of likely N-dealkylation sites (N-methyl/N-ethyl adjacent to an activating group) is 6. The summed E-state index contributed by atoms with van der Waals surface area (Å²) in [4.78, 5) is 167. The molecule has 95 heavy (non-hydrogen) atoms. The van der Waals surface area contributed by atoms with Crippen molar-refractivity contribution in [2.75, 3.05) is 68.5 Å². The summed E-state index contributed by atoms with van der Waals surface area (Å²) in [6.45, 7) is 9.96. The summed E-state index contributed by atoms with van der Waals surface area (Å²) in [6, 6.07) is -1.23. The second-order valence-corrected chi connectivity index (χ2v) is 26.6. The molecule has 0 aromatic heterocycles. The van der Waals surface area contributed by atoms with Crippen molar-refractivity contribution >= 4 is 76.6 Å². The molecule has 528 valence electrons. The van der Waals surface area contributed by atoms with Crippen LogP contribution in [0, 0.1) is 17.8 Å². The zero-order valence-electron chi connectivity index (χ0n) is 56.3. The maximum atomic E-state index is 15.0. The molecule has 1 aliphatic carbocycles. The molecular formula is C65H92ClF6N11O12. The molecule has 0 unspecified atom stereocenters. The van der Waals surface area contributed by atoms with Gasteiger partial charge in [0.15, 0.2) is 0 Å². The predicted molar refractivity (Wildman–Crippen MR) is 338 cm³/mol. The van der Waals surface area contributed by atoms with Gasteiger partial charge in [-0.3, -0.25) is 52.7 Å². The maximum absolute atomic E-state index is 15.0. The van der Waals surface area contributed by atoms with Gasteiger partial charge in [-0.1, -0.05) is 90.6 Å². The Bertz CT molecular complexity index is 3130. The second kappa shape index (κ2) is 33.3. The monoisotopic (exact) mass is 1370 g/mol. The highest BCUT2D eigenvalue weighted by molar-refractivity contribution is 6.31. The molecule has 0 radical (unpaired) electrons. The van der Waals surface area contributed by atoms with E-state index in [-0.39, 0.29) is 75.0 Å². The van der Waals surface area contributed by atoms with Crippen molar-refractivity contribution in [2.24, 2.45) is 17.8 Å². The van der Waals surface area contributed by atoms with Crippen LogP contribution in [0.1, 0.15) is 129 Å². The highest BCUT2D eigenvalue weighted by atomic mass is 35.5. The van der Waals surface area contributed by atoms with Crippen LogP contribution >= 0.6 is 11.6 Å². The van der Waals surface area contributed by atoms with Gasteiger partial charge in [0.05, 0.1) is 30.2 Å². The van der Waals surface area contributed by atoms with Gasteiger partial charge in [0, 0.05) is 67.7 Å². The summed E-state index contributed by atoms with van der Waals surface area (Å²) in [7, 11) is 7.76. The highest BCUT2D eigenvalue weighted by Crippen LogP contribution is 2.37. The number of halogens is 7. The van der Waals surface area contributed by atoms with Crippen molar-refractivity contribution in [1.29, 1.82) is 0 Å². The van der Waals surface area contributed by atoms with Gasteiger partial charge in [-0.2, -0.15) is 13.2 Å². The normalized spacial score (nSPS) is 24.5. The van der Waals surface area contributed by atoms with E-state index in [1.54, 1.807) is 34.6 Å². The Morgan fingerprint density at radius 2 is 1.28 bits per heavy atom. The third-order valence-corrected chi connectivity index (χ3v) is 18.2. The third kappa shape index (κ3) is 20.9. The van der Waals surface area contributed by atoms with E-state index in [0.717, 1.165) is 49.9 Å². The molecule has 2 aromatic carbocycles. The Morgan fingerprint density at radius 1 is 0.663 bits per heavy atom. The minimum Gasteiger partial charge on any atom is -0.406 e. The summed E-state index contributed by atoms with van der Waals surface area (Å²) in [5.41, 5.74) is -2.41. The van der Waals surface area contributed by atoms with Gasteiger partial charge in [0.1, 0.15) is 47.5 Å². The first-order chi connectivity index (χ1) is 44.2. The van der Waals surface area contributed by atoms with E-state index in [1.807, 2.05) is 13.8 Å². The number of ether oxygens (including phenoxy) is 1. The van der Waals surface area contributed by atoms with E-state index in [2.05, 4.69) is 26.0 Å². The molecule has 2 saturated heterocycles. The fourth-order valence-corrected chi connectivity index (χ4v) is 12.7. The van der Waals surface area contributed by atoms with Gasteiger partial charge >= 0.3 is 12.5 Å². The topological polar surface area (TPSA) is 268 Å². The number of nitrogens with one attached hydrogen (secondary N) is 4. The Kier molecular flexibility index (Phi) is 27.3. The summed E-state index contributed by atoms with van der Waals surface area (Å²) in [5, 5.41) is 10.6. The van der Waals surface area contributed by atoms with Crippen LogP contribution in [0.3, 0.4) is 0 Å². The second-order valence-electron chi connectivity index (χ2n) is 26.2. The van der Waals surface area contributed by atoms with Crippen LogP contribution in [-0.4, -0.2) is 222 Å². The minimum atomic E-state index is -5.12. The number of carbonyl (C=O) groups is 11. The number of amides is 11. The fraction of sp³-hybridized carbons (Fsp3) is 0.646. The smallest absolute Gasteiger partial charge is 0.406 e. The molecule has 11 amide bonds. The van der Waals surface area contributed by atoms with Crippen LogP contribution in [0.4, 0.5) is 26.3 Å². The van der Waals surface area contributed by atoms with E-state index in [4.69, 9.17) is 11.6 Å². The van der Waals surface area contributed by atoms with Gasteiger partial charge in [0.25, 0.3) is 0 Å². The largest absolute Gasteiger partial charge is 0.573 e. The predicted octanol–water partition coefficient (Wildman–Crippen LogP) is 5.34. The molecular weight excluding hydrogens is 1280 g/mol. The Balaban J connectivity index is 1.58. The minimum absolute atomic E-state index is 0.0299. The lowest BCUT2D eigenvalue weighted by atomic mass is 9.92. The number of aryl methyl sites for hydroxylation is 1. The van der Waals surface area contributed by atoms with Crippen molar-refractivity contribution in [1.82, 2.24) is 55.6 Å². The molecule has 4 N–H and O–H groups in total. The average Bonchev–Trinajstić information content (AvgIpc) is 1.73. The van der Waals surface area contributed by atoms with Crippen molar-refractivity contribution in [3.8, 4) is 5.75 Å². The van der Waals surface area contributed by atoms with E-state index in [1.165, 1.54) is 69.1 Å². The average molecular weight is 1370 g/mol. The SMILES string of the molecule is CC[C@H](C)[C@@H]1NC(=O)[C@H](CC(C)C)N(C)C(=O)C[C@@H](C)NC(=O)[C@H](C(C)C)N(C)C(=O)C2(CCCC2)NC(=O)[C@@H]2CCCN2C(=O)[C@H](CCc2ccc(C(F)(F)F)c(Cl)c2)NC(=O)CN(C)C(=O)[C@H](Cc2cccc(OC(F)(F)F)c2)N(C)C(=O)CN(C)C(=O)CN(C)C1=O. The number of hydrogen-bond donors (Lipinski definition) is 4. The zero-order valence-corrected chi connectivity index (χ0v) is 57.1. The first-order valence-electron chi connectivity index (χ1n) is 32.0. The van der Waals surface area contributed by atoms with E-state index < -0.39 is 180 Å². The number of carbonyl (C=O) groups excluding carboxylic acids is 11. The molecule has 23 nitrogen and oxygen atoms in total. The summed E-state index contributed by atoms with van der Waals surface area (Å²) in [6.07, 6.45) is -9.00. The molecule has 1 saturated carbocycles. The Morgan fingerprint density at radius 3 is 1.87 bits per heavy atom. The maximum Gasteiger partial charge on any atom is 0.573 e. The molecule has 5 rings (SSSR count). The van der Waals surface area contributed by atoms with E-state index >= 15 is 4.79 Å². The van der Waals surface area contributed by atoms with Crippen LogP contribution in [0.25, 0.3) is 0 Å². The lowest BCUT2D eigenvalue weighted by molar-refractivity contribution is -0.274.